The highest BCUT2D eigenvalue weighted by Gasteiger charge is 2.42. The summed E-state index contributed by atoms with van der Waals surface area (Å²) in [6.07, 6.45) is 0. The normalized spacial score (nSPS) is 19.4. The van der Waals surface area contributed by atoms with Gasteiger partial charge in [0.15, 0.2) is 5.88 Å². The van der Waals surface area contributed by atoms with Crippen LogP contribution in [0.2, 0.25) is 0 Å². The Morgan fingerprint density at radius 2 is 2.05 bits per heavy atom. The highest BCUT2D eigenvalue weighted by molar-refractivity contribution is 7.90. The van der Waals surface area contributed by atoms with E-state index in [4.69, 9.17) is 5.11 Å². The fourth-order valence-electron chi connectivity index (χ4n) is 2.20. The van der Waals surface area contributed by atoms with Crippen LogP contribution in [-0.2, 0) is 14.8 Å². The predicted octanol–water partition coefficient (Wildman–Crippen LogP) is -0.310. The van der Waals surface area contributed by atoms with Crippen LogP contribution in [0.3, 0.4) is 0 Å². The molecule has 0 atom stereocenters. The maximum atomic E-state index is 12.2. The maximum Gasteiger partial charge on any atom is 0.323 e. The molecular weight excluding hydrogens is 286 g/mol. The standard InChI is InChI=1S/C11H9N3O5S/c15-9(16)5-13-8-4-2-1-3-7(8)10(17)14-6-20(18,19)12-11(13)14/h1-4H,5-6H2,(H,15,16). The van der Waals surface area contributed by atoms with E-state index in [2.05, 4.69) is 4.40 Å². The molecule has 0 aliphatic carbocycles. The molecule has 0 saturated carbocycles. The van der Waals surface area contributed by atoms with Crippen LogP contribution in [0.15, 0.2) is 28.7 Å². The highest BCUT2D eigenvalue weighted by atomic mass is 32.2. The van der Waals surface area contributed by atoms with Crippen molar-refractivity contribution in [1.82, 2.24) is 4.90 Å². The highest BCUT2D eigenvalue weighted by Crippen LogP contribution is 2.31. The van der Waals surface area contributed by atoms with Gasteiger partial charge in [0.25, 0.3) is 15.9 Å². The first-order chi connectivity index (χ1) is 9.39. The van der Waals surface area contributed by atoms with E-state index in [1.54, 1.807) is 18.2 Å². The van der Waals surface area contributed by atoms with Crippen LogP contribution in [0.1, 0.15) is 10.4 Å². The lowest BCUT2D eigenvalue weighted by Gasteiger charge is -2.33. The Kier molecular flexibility index (Phi) is 2.54. The molecule has 104 valence electrons. The zero-order valence-corrected chi connectivity index (χ0v) is 10.9. The minimum Gasteiger partial charge on any atom is -0.480 e. The quantitative estimate of drug-likeness (QED) is 0.802. The van der Waals surface area contributed by atoms with Crippen molar-refractivity contribution in [2.24, 2.45) is 4.40 Å². The number of carbonyl (C=O) groups excluding carboxylic acids is 1. The van der Waals surface area contributed by atoms with Gasteiger partial charge in [-0.25, -0.2) is 8.42 Å². The fraction of sp³-hybridized carbons (Fsp3) is 0.182. The molecule has 1 aromatic carbocycles. The van der Waals surface area contributed by atoms with Gasteiger partial charge in [0.1, 0.15) is 6.54 Å². The van der Waals surface area contributed by atoms with E-state index in [-0.39, 0.29) is 11.5 Å². The van der Waals surface area contributed by atoms with Crippen LogP contribution in [0.5, 0.6) is 0 Å². The second kappa shape index (κ2) is 4.04. The minimum absolute atomic E-state index is 0.156. The van der Waals surface area contributed by atoms with Gasteiger partial charge in [-0.1, -0.05) is 12.1 Å². The van der Waals surface area contributed by atoms with Crippen molar-refractivity contribution in [2.75, 3.05) is 17.3 Å². The van der Waals surface area contributed by atoms with Crippen molar-refractivity contribution in [3.05, 3.63) is 29.8 Å². The Balaban J connectivity index is 2.20. The molecule has 0 saturated heterocycles. The number of sulfonamides is 1. The molecule has 3 rings (SSSR count). The van der Waals surface area contributed by atoms with Gasteiger partial charge in [-0.2, -0.15) is 0 Å². The summed E-state index contributed by atoms with van der Waals surface area (Å²) in [5.74, 6) is -2.37. The molecule has 2 aliphatic rings. The molecule has 0 unspecified atom stereocenters. The average molecular weight is 295 g/mol. The lowest BCUT2D eigenvalue weighted by Crippen LogP contribution is -2.51. The topological polar surface area (TPSA) is 107 Å². The SMILES string of the molecule is O=C(O)CN1C2=NS(=O)(=O)CN2C(=O)c2ccccc21. The summed E-state index contributed by atoms with van der Waals surface area (Å²) in [7, 11) is -3.79. The van der Waals surface area contributed by atoms with E-state index in [0.717, 1.165) is 4.90 Å². The first kappa shape index (κ1) is 12.6. The molecule has 0 bridgehead atoms. The summed E-state index contributed by atoms with van der Waals surface area (Å²) in [5.41, 5.74) is 0.594. The molecule has 1 N–H and O–H groups in total. The fourth-order valence-corrected chi connectivity index (χ4v) is 3.26. The minimum atomic E-state index is -3.79. The van der Waals surface area contributed by atoms with E-state index in [1.807, 2.05) is 0 Å². The monoisotopic (exact) mass is 295 g/mol. The Morgan fingerprint density at radius 1 is 1.35 bits per heavy atom. The van der Waals surface area contributed by atoms with E-state index >= 15 is 0 Å². The third-order valence-corrected chi connectivity index (χ3v) is 3.99. The number of aliphatic carboxylic acids is 1. The number of carbonyl (C=O) groups is 2. The van der Waals surface area contributed by atoms with Crippen molar-refractivity contribution in [2.45, 2.75) is 0 Å². The number of carboxylic acid groups (broad SMARTS) is 1. The number of rotatable bonds is 2. The second-order valence-corrected chi connectivity index (χ2v) is 5.94. The Labute approximate surface area is 114 Å². The summed E-state index contributed by atoms with van der Waals surface area (Å²) in [6, 6.07) is 6.35. The van der Waals surface area contributed by atoms with Gasteiger partial charge in [-0.15, -0.1) is 4.40 Å². The van der Waals surface area contributed by atoms with Crippen LogP contribution >= 0.6 is 0 Å². The number of anilines is 1. The molecule has 1 amide bonds. The Bertz CT molecular complexity index is 755. The van der Waals surface area contributed by atoms with Crippen LogP contribution in [0.25, 0.3) is 0 Å². The summed E-state index contributed by atoms with van der Waals surface area (Å²) < 4.78 is 26.6. The van der Waals surface area contributed by atoms with Crippen LogP contribution < -0.4 is 4.90 Å². The van der Waals surface area contributed by atoms with Gasteiger partial charge < -0.3 is 5.11 Å². The van der Waals surface area contributed by atoms with E-state index in [1.165, 1.54) is 11.0 Å². The number of carboxylic acids is 1. The number of benzene rings is 1. The summed E-state index contributed by atoms with van der Waals surface area (Å²) >= 11 is 0. The molecule has 0 aromatic heterocycles. The third kappa shape index (κ3) is 1.83. The van der Waals surface area contributed by atoms with Crippen molar-refractivity contribution in [1.29, 1.82) is 0 Å². The number of guanidine groups is 1. The number of para-hydroxylation sites is 1. The first-order valence-corrected chi connectivity index (χ1v) is 7.23. The molecule has 0 radical (unpaired) electrons. The molecule has 20 heavy (non-hydrogen) atoms. The van der Waals surface area contributed by atoms with Crippen LogP contribution in [-0.4, -0.2) is 48.7 Å². The lowest BCUT2D eigenvalue weighted by atomic mass is 10.1. The predicted molar refractivity (Wildman–Crippen MR) is 68.8 cm³/mol. The number of nitrogens with zero attached hydrogens (tertiary/aromatic N) is 3. The van der Waals surface area contributed by atoms with Crippen molar-refractivity contribution in [3.63, 3.8) is 0 Å². The van der Waals surface area contributed by atoms with Gasteiger partial charge in [-0.3, -0.25) is 19.4 Å². The molecular formula is C11H9N3O5S. The van der Waals surface area contributed by atoms with E-state index in [0.29, 0.717) is 5.69 Å². The van der Waals surface area contributed by atoms with E-state index in [9.17, 15) is 18.0 Å². The molecule has 9 heteroatoms. The molecule has 2 heterocycles. The third-order valence-electron chi connectivity index (χ3n) is 2.96. The zero-order chi connectivity index (χ0) is 14.5. The summed E-state index contributed by atoms with van der Waals surface area (Å²) in [4.78, 5) is 25.4. The first-order valence-electron chi connectivity index (χ1n) is 5.62. The molecule has 2 aliphatic heterocycles. The Morgan fingerprint density at radius 3 is 2.75 bits per heavy atom. The maximum absolute atomic E-state index is 12.2. The van der Waals surface area contributed by atoms with E-state index < -0.39 is 34.3 Å². The van der Waals surface area contributed by atoms with Gasteiger partial charge in [-0.05, 0) is 12.1 Å². The van der Waals surface area contributed by atoms with Crippen molar-refractivity contribution in [3.8, 4) is 0 Å². The van der Waals surface area contributed by atoms with Gasteiger partial charge in [0.05, 0.1) is 11.3 Å². The largest absolute Gasteiger partial charge is 0.480 e. The summed E-state index contributed by atoms with van der Waals surface area (Å²) in [6.45, 7) is -0.477. The van der Waals surface area contributed by atoms with Crippen LogP contribution in [0, 0.1) is 0 Å². The smallest absolute Gasteiger partial charge is 0.323 e. The molecule has 0 fully saturated rings. The summed E-state index contributed by atoms with van der Waals surface area (Å²) in [5, 5.41) is 8.96. The van der Waals surface area contributed by atoms with Crippen molar-refractivity contribution >= 4 is 33.5 Å². The number of hydrogen-bond acceptors (Lipinski definition) is 5. The zero-order valence-electron chi connectivity index (χ0n) is 10.1. The van der Waals surface area contributed by atoms with Gasteiger partial charge >= 0.3 is 5.97 Å². The Hall–Kier alpha value is -2.42. The number of fused-ring (bicyclic) bond motifs is 2. The van der Waals surface area contributed by atoms with Crippen molar-refractivity contribution < 1.29 is 23.1 Å². The number of hydrogen-bond donors (Lipinski definition) is 1. The molecule has 8 nitrogen and oxygen atoms in total. The van der Waals surface area contributed by atoms with Gasteiger partial charge in [0.2, 0.25) is 5.96 Å². The van der Waals surface area contributed by atoms with Crippen LogP contribution in [0.4, 0.5) is 5.69 Å². The second-order valence-electron chi connectivity index (χ2n) is 4.33. The molecule has 1 aromatic rings. The number of amides is 1. The van der Waals surface area contributed by atoms with Gasteiger partial charge in [0, 0.05) is 0 Å². The molecule has 0 spiro atoms. The lowest BCUT2D eigenvalue weighted by molar-refractivity contribution is -0.135. The average Bonchev–Trinajstić information content (AvgIpc) is 2.70.